The van der Waals surface area contributed by atoms with Crippen molar-refractivity contribution < 1.29 is 28.8 Å². The molecule has 44 heavy (non-hydrogen) atoms. The molecule has 1 aromatic heterocycles. The van der Waals surface area contributed by atoms with Crippen LogP contribution in [0.3, 0.4) is 0 Å². The molecule has 0 radical (unpaired) electrons. The number of likely N-dealkylation sites (tertiary alicyclic amines) is 1. The summed E-state index contributed by atoms with van der Waals surface area (Å²) in [5.41, 5.74) is 4.32. The number of nitrogens with zero attached hydrogens (tertiary/aromatic N) is 4. The van der Waals surface area contributed by atoms with Crippen LogP contribution in [0.15, 0.2) is 54.6 Å². The molecule has 2 saturated heterocycles. The van der Waals surface area contributed by atoms with E-state index < -0.39 is 5.97 Å². The number of hydrogen-bond donors (Lipinski definition) is 1. The normalized spacial score (nSPS) is 17.2. The molecule has 228 valence electrons. The molecule has 0 saturated carbocycles. The average Bonchev–Trinajstić information content (AvgIpc) is 3.38. The number of carboxylic acid groups (broad SMARTS) is 1. The Labute approximate surface area is 256 Å². The Hall–Kier alpha value is -4.59. The van der Waals surface area contributed by atoms with Crippen molar-refractivity contribution in [3.63, 3.8) is 0 Å². The van der Waals surface area contributed by atoms with E-state index >= 15 is 0 Å². The summed E-state index contributed by atoms with van der Waals surface area (Å²) in [6.07, 6.45) is 3.09. The van der Waals surface area contributed by atoms with Gasteiger partial charge in [-0.15, -0.1) is 0 Å². The molecule has 3 heterocycles. The van der Waals surface area contributed by atoms with Crippen molar-refractivity contribution in [2.45, 2.75) is 51.0 Å². The largest absolute Gasteiger partial charge is 0.496 e. The highest BCUT2D eigenvalue weighted by Crippen LogP contribution is 2.33. The predicted octanol–water partition coefficient (Wildman–Crippen LogP) is 5.37. The second-order valence-electron chi connectivity index (χ2n) is 11.3. The first-order valence-electron chi connectivity index (χ1n) is 14.9. The van der Waals surface area contributed by atoms with E-state index in [0.717, 1.165) is 61.6 Å². The molecule has 3 aromatic carbocycles. The highest BCUT2D eigenvalue weighted by Gasteiger charge is 2.27. The maximum Gasteiger partial charge on any atom is 0.335 e. The third kappa shape index (κ3) is 6.20. The van der Waals surface area contributed by atoms with E-state index in [0.29, 0.717) is 48.2 Å². The van der Waals surface area contributed by atoms with Crippen LogP contribution in [0.5, 0.6) is 17.2 Å². The molecule has 10 nitrogen and oxygen atoms in total. The predicted molar refractivity (Wildman–Crippen MR) is 163 cm³/mol. The number of hydrogen-bond acceptors (Lipinski definition) is 8. The maximum absolute atomic E-state index is 11.8. The average molecular weight is 597 g/mol. The van der Waals surface area contributed by atoms with Crippen LogP contribution in [-0.4, -0.2) is 65.5 Å². The van der Waals surface area contributed by atoms with E-state index in [1.165, 1.54) is 11.6 Å². The zero-order valence-electron chi connectivity index (χ0n) is 25.0. The van der Waals surface area contributed by atoms with Crippen molar-refractivity contribution in [3.05, 3.63) is 82.7 Å². The van der Waals surface area contributed by atoms with Gasteiger partial charge in [-0.1, -0.05) is 18.2 Å². The van der Waals surface area contributed by atoms with E-state index in [1.807, 2.05) is 18.2 Å². The first-order valence-corrected chi connectivity index (χ1v) is 14.9. The molecule has 1 N–H and O–H groups in total. The Kier molecular flexibility index (Phi) is 8.68. The third-order valence-electron chi connectivity index (χ3n) is 8.64. The van der Waals surface area contributed by atoms with E-state index in [-0.39, 0.29) is 11.7 Å². The highest BCUT2D eigenvalue weighted by molar-refractivity contribution is 5.95. The first kappa shape index (κ1) is 29.5. The molecular formula is C34H36N4O6. The minimum Gasteiger partial charge on any atom is -0.496 e. The summed E-state index contributed by atoms with van der Waals surface area (Å²) in [4.78, 5) is 19.2. The Bertz CT molecular complexity index is 1700. The molecule has 0 unspecified atom stereocenters. The van der Waals surface area contributed by atoms with Crippen LogP contribution in [0.2, 0.25) is 0 Å². The topological polar surface area (TPSA) is 119 Å². The molecule has 6 rings (SSSR count). The molecule has 0 spiro atoms. The standard InChI is InChI=1S/C34H36N4O6/c1-41-30-14-22(18-35)6-7-25(30)21-44-27-5-3-4-24(15-27)23-8-11-37(12-9-23)20-32-36-33-29(38(32)19-28-10-13-43-28)16-26(34(39)40)17-31(33)42-2/h3-7,14-17,23,28H,8-13,19-21H2,1-2H3,(H,39,40)/t28-/m0/s1. The number of methoxy groups -OCH3 is 2. The molecule has 0 amide bonds. The van der Waals surface area contributed by atoms with E-state index in [9.17, 15) is 9.90 Å². The van der Waals surface area contributed by atoms with Gasteiger partial charge in [0, 0.05) is 12.2 Å². The van der Waals surface area contributed by atoms with Gasteiger partial charge >= 0.3 is 5.97 Å². The molecule has 0 bridgehead atoms. The zero-order chi connectivity index (χ0) is 30.6. The molecule has 2 aliphatic heterocycles. The van der Waals surface area contributed by atoms with Crippen LogP contribution in [-0.2, 0) is 24.4 Å². The number of carbonyl (C=O) groups is 1. The van der Waals surface area contributed by atoms with Gasteiger partial charge in [0.2, 0.25) is 0 Å². The van der Waals surface area contributed by atoms with Gasteiger partial charge in [0.05, 0.1) is 56.1 Å². The number of carboxylic acids is 1. The number of rotatable bonds is 11. The molecule has 10 heteroatoms. The molecular weight excluding hydrogens is 560 g/mol. The van der Waals surface area contributed by atoms with Gasteiger partial charge in [0.15, 0.2) is 0 Å². The second kappa shape index (κ2) is 13.0. The number of imidazole rings is 1. The van der Waals surface area contributed by atoms with E-state index in [4.69, 9.17) is 29.2 Å². The molecule has 1 atom stereocenters. The summed E-state index contributed by atoms with van der Waals surface area (Å²) in [6.45, 7) is 4.23. The monoisotopic (exact) mass is 596 g/mol. The summed E-state index contributed by atoms with van der Waals surface area (Å²) in [7, 11) is 3.14. The van der Waals surface area contributed by atoms with Gasteiger partial charge in [-0.3, -0.25) is 4.90 Å². The van der Waals surface area contributed by atoms with Crippen molar-refractivity contribution in [3.8, 4) is 23.3 Å². The third-order valence-corrected chi connectivity index (χ3v) is 8.64. The fourth-order valence-electron chi connectivity index (χ4n) is 6.05. The number of piperidine rings is 1. The number of nitriles is 1. The van der Waals surface area contributed by atoms with Crippen LogP contribution in [0.1, 0.15) is 58.1 Å². The van der Waals surface area contributed by atoms with Crippen molar-refractivity contribution in [1.29, 1.82) is 5.26 Å². The Morgan fingerprint density at radius 3 is 2.55 bits per heavy atom. The SMILES string of the molecule is COc1cc(C#N)ccc1COc1cccc(C2CCN(Cc3nc4c(OC)cc(C(=O)O)cc4n3C[C@@H]3CCO3)CC2)c1. The van der Waals surface area contributed by atoms with Crippen LogP contribution in [0.4, 0.5) is 0 Å². The second-order valence-corrected chi connectivity index (χ2v) is 11.3. The Morgan fingerprint density at radius 2 is 1.86 bits per heavy atom. The van der Waals surface area contributed by atoms with Gasteiger partial charge in [-0.2, -0.15) is 5.26 Å². The first-order chi connectivity index (χ1) is 21.4. The van der Waals surface area contributed by atoms with Gasteiger partial charge in [-0.05, 0) is 80.2 Å². The lowest BCUT2D eigenvalue weighted by atomic mass is 9.89. The van der Waals surface area contributed by atoms with Crippen LogP contribution in [0.25, 0.3) is 11.0 Å². The van der Waals surface area contributed by atoms with Crippen molar-refractivity contribution >= 4 is 17.0 Å². The lowest BCUT2D eigenvalue weighted by molar-refractivity contribution is -0.0592. The number of aromatic carboxylic acids is 1. The summed E-state index contributed by atoms with van der Waals surface area (Å²) < 4.78 is 25.0. The lowest BCUT2D eigenvalue weighted by Gasteiger charge is -2.33. The molecule has 4 aromatic rings. The lowest BCUT2D eigenvalue weighted by Crippen LogP contribution is -2.35. The zero-order valence-corrected chi connectivity index (χ0v) is 25.0. The molecule has 0 aliphatic carbocycles. The fourth-order valence-corrected chi connectivity index (χ4v) is 6.05. The summed E-state index contributed by atoms with van der Waals surface area (Å²) in [6, 6.07) is 19.0. The number of aromatic nitrogens is 2. The maximum atomic E-state index is 11.8. The Morgan fingerprint density at radius 1 is 1.07 bits per heavy atom. The van der Waals surface area contributed by atoms with Crippen molar-refractivity contribution in [1.82, 2.24) is 14.5 Å². The van der Waals surface area contributed by atoms with Crippen LogP contribution in [0, 0.1) is 11.3 Å². The summed E-state index contributed by atoms with van der Waals surface area (Å²) >= 11 is 0. The summed E-state index contributed by atoms with van der Waals surface area (Å²) in [5.74, 6) is 2.22. The smallest absolute Gasteiger partial charge is 0.335 e. The summed E-state index contributed by atoms with van der Waals surface area (Å²) in [5, 5.41) is 18.8. The highest BCUT2D eigenvalue weighted by atomic mass is 16.5. The molecule has 2 fully saturated rings. The van der Waals surface area contributed by atoms with Crippen LogP contribution >= 0.6 is 0 Å². The minimum atomic E-state index is -0.995. The quantitative estimate of drug-likeness (QED) is 0.244. The number of ether oxygens (including phenoxy) is 4. The van der Waals surface area contributed by atoms with Crippen molar-refractivity contribution in [2.24, 2.45) is 0 Å². The fraction of sp³-hybridized carbons (Fsp3) is 0.382. The number of benzene rings is 3. The van der Waals surface area contributed by atoms with E-state index in [2.05, 4.69) is 27.7 Å². The van der Waals surface area contributed by atoms with Gasteiger partial charge in [-0.25, -0.2) is 9.78 Å². The van der Waals surface area contributed by atoms with Gasteiger partial charge in [0.25, 0.3) is 0 Å². The minimum absolute atomic E-state index is 0.101. The Balaban J connectivity index is 1.13. The van der Waals surface area contributed by atoms with Gasteiger partial charge in [0.1, 0.15) is 35.2 Å². The van der Waals surface area contributed by atoms with Gasteiger partial charge < -0.3 is 28.6 Å². The molecule has 2 aliphatic rings. The van der Waals surface area contributed by atoms with Crippen molar-refractivity contribution in [2.75, 3.05) is 33.9 Å². The van der Waals surface area contributed by atoms with E-state index in [1.54, 1.807) is 32.4 Å². The number of fused-ring (bicyclic) bond motifs is 1. The van der Waals surface area contributed by atoms with Crippen LogP contribution < -0.4 is 14.2 Å².